The van der Waals surface area contributed by atoms with Gasteiger partial charge < -0.3 is 14.7 Å². The van der Waals surface area contributed by atoms with Crippen LogP contribution in [0.3, 0.4) is 0 Å². The largest absolute Gasteiger partial charge is 0.444 e. The van der Waals surface area contributed by atoms with Crippen molar-refractivity contribution < 1.29 is 4.42 Å². The van der Waals surface area contributed by atoms with E-state index in [1.807, 2.05) is 24.3 Å². The first-order valence-electron chi connectivity index (χ1n) is 5.62. The van der Waals surface area contributed by atoms with Crippen LogP contribution in [0, 0.1) is 0 Å². The molecular formula is C13H12N4O. The van der Waals surface area contributed by atoms with Crippen molar-refractivity contribution in [2.75, 3.05) is 5.32 Å². The zero-order chi connectivity index (χ0) is 12.2. The fourth-order valence-corrected chi connectivity index (χ4v) is 1.69. The van der Waals surface area contributed by atoms with E-state index in [4.69, 9.17) is 4.42 Å². The lowest BCUT2D eigenvalue weighted by Gasteiger charge is -2.05. The lowest BCUT2D eigenvalue weighted by Crippen LogP contribution is -1.99. The van der Waals surface area contributed by atoms with Gasteiger partial charge >= 0.3 is 0 Å². The Kier molecular flexibility index (Phi) is 2.79. The van der Waals surface area contributed by atoms with Crippen LogP contribution in [-0.4, -0.2) is 15.0 Å². The maximum atomic E-state index is 5.23. The number of oxazole rings is 1. The average Bonchev–Trinajstić information content (AvgIpc) is 3.10. The number of aromatic nitrogens is 3. The van der Waals surface area contributed by atoms with Gasteiger partial charge in [-0.3, -0.25) is 0 Å². The summed E-state index contributed by atoms with van der Waals surface area (Å²) < 4.78 is 5.23. The Bertz CT molecular complexity index is 584. The highest BCUT2D eigenvalue weighted by Gasteiger charge is 2.01. The average molecular weight is 240 g/mol. The first-order valence-corrected chi connectivity index (χ1v) is 5.62. The van der Waals surface area contributed by atoms with Crippen LogP contribution in [0.2, 0.25) is 0 Å². The highest BCUT2D eigenvalue weighted by molar-refractivity contribution is 5.60. The fraction of sp³-hybridized carbons (Fsp3) is 0.0769. The zero-order valence-electron chi connectivity index (χ0n) is 9.63. The number of H-pyrrole nitrogens is 1. The van der Waals surface area contributed by atoms with Crippen LogP contribution in [0.4, 0.5) is 5.69 Å². The van der Waals surface area contributed by atoms with Crippen molar-refractivity contribution in [3.05, 3.63) is 55.1 Å². The van der Waals surface area contributed by atoms with E-state index in [2.05, 4.69) is 20.3 Å². The van der Waals surface area contributed by atoms with Gasteiger partial charge in [0.05, 0.1) is 24.8 Å². The minimum atomic E-state index is 0.724. The third-order valence-corrected chi connectivity index (χ3v) is 2.64. The van der Waals surface area contributed by atoms with E-state index in [9.17, 15) is 0 Å². The lowest BCUT2D eigenvalue weighted by molar-refractivity contribution is 0.572. The first kappa shape index (κ1) is 10.6. The molecule has 2 aromatic heterocycles. The van der Waals surface area contributed by atoms with Gasteiger partial charge in [0.25, 0.3) is 0 Å². The molecule has 0 amide bonds. The quantitative estimate of drug-likeness (QED) is 0.735. The molecule has 0 radical (unpaired) electrons. The molecule has 0 aliphatic heterocycles. The Morgan fingerprint density at radius 1 is 1.11 bits per heavy atom. The third-order valence-electron chi connectivity index (χ3n) is 2.64. The second kappa shape index (κ2) is 4.75. The number of anilines is 1. The Balaban J connectivity index is 1.68. The summed E-state index contributed by atoms with van der Waals surface area (Å²) in [6.07, 6.45) is 6.60. The predicted octanol–water partition coefficient (Wildman–Crippen LogP) is 2.68. The monoisotopic (exact) mass is 240 g/mol. The molecule has 0 saturated carbocycles. The minimum absolute atomic E-state index is 0.724. The van der Waals surface area contributed by atoms with Crippen LogP contribution in [0.1, 0.15) is 5.69 Å². The summed E-state index contributed by atoms with van der Waals surface area (Å²) in [5.74, 6) is 0.773. The number of rotatable bonds is 4. The summed E-state index contributed by atoms with van der Waals surface area (Å²) >= 11 is 0. The number of hydrogen-bond acceptors (Lipinski definition) is 4. The lowest BCUT2D eigenvalue weighted by atomic mass is 10.1. The SMILES string of the molecule is c1ncc(CNc2ccc(-c3cnco3)cc2)[nH]1. The minimum Gasteiger partial charge on any atom is -0.444 e. The molecule has 0 unspecified atom stereocenters. The standard InChI is InChI=1S/C13H12N4O/c1-3-11(16-6-12-5-14-8-17-12)4-2-10(1)13-7-15-9-18-13/h1-5,7-9,16H,6H2,(H,14,17). The van der Waals surface area contributed by atoms with Crippen LogP contribution in [0.15, 0.2) is 53.8 Å². The number of nitrogens with one attached hydrogen (secondary N) is 2. The van der Waals surface area contributed by atoms with Gasteiger partial charge in [0.15, 0.2) is 12.2 Å². The summed E-state index contributed by atoms with van der Waals surface area (Å²) in [6.45, 7) is 0.724. The van der Waals surface area contributed by atoms with Crippen molar-refractivity contribution in [3.63, 3.8) is 0 Å². The van der Waals surface area contributed by atoms with Gasteiger partial charge in [0.1, 0.15) is 0 Å². The molecule has 3 aromatic rings. The Hall–Kier alpha value is -2.56. The normalized spacial score (nSPS) is 10.4. The summed E-state index contributed by atoms with van der Waals surface area (Å²) in [5, 5.41) is 3.30. The number of nitrogens with zero attached hydrogens (tertiary/aromatic N) is 2. The molecule has 5 heteroatoms. The first-order chi connectivity index (χ1) is 8.92. The summed E-state index contributed by atoms with van der Waals surface area (Å²) in [6, 6.07) is 8.01. The van der Waals surface area contributed by atoms with Crippen molar-refractivity contribution in [1.29, 1.82) is 0 Å². The van der Waals surface area contributed by atoms with Crippen molar-refractivity contribution in [2.45, 2.75) is 6.54 Å². The zero-order valence-corrected chi connectivity index (χ0v) is 9.63. The molecule has 1 aromatic carbocycles. The van der Waals surface area contributed by atoms with Crippen LogP contribution < -0.4 is 5.32 Å². The van der Waals surface area contributed by atoms with E-state index in [1.165, 1.54) is 6.39 Å². The maximum absolute atomic E-state index is 5.23. The van der Waals surface area contributed by atoms with E-state index in [0.29, 0.717) is 0 Å². The third kappa shape index (κ3) is 2.24. The molecule has 0 bridgehead atoms. The second-order valence-corrected chi connectivity index (χ2v) is 3.87. The molecule has 0 saturated heterocycles. The summed E-state index contributed by atoms with van der Waals surface area (Å²) in [4.78, 5) is 10.9. The molecule has 0 atom stereocenters. The highest BCUT2D eigenvalue weighted by atomic mass is 16.3. The predicted molar refractivity (Wildman–Crippen MR) is 67.9 cm³/mol. The van der Waals surface area contributed by atoms with E-state index in [1.54, 1.807) is 18.7 Å². The number of hydrogen-bond donors (Lipinski definition) is 2. The van der Waals surface area contributed by atoms with E-state index < -0.39 is 0 Å². The molecule has 2 heterocycles. The van der Waals surface area contributed by atoms with E-state index in [0.717, 1.165) is 29.2 Å². The molecule has 0 aliphatic rings. The second-order valence-electron chi connectivity index (χ2n) is 3.87. The molecule has 2 N–H and O–H groups in total. The Morgan fingerprint density at radius 3 is 2.67 bits per heavy atom. The smallest absolute Gasteiger partial charge is 0.181 e. The van der Waals surface area contributed by atoms with Crippen molar-refractivity contribution in [1.82, 2.24) is 15.0 Å². The van der Waals surface area contributed by atoms with Gasteiger partial charge in [-0.05, 0) is 24.3 Å². The number of benzene rings is 1. The Labute approximate surface area is 104 Å². The van der Waals surface area contributed by atoms with Crippen LogP contribution >= 0.6 is 0 Å². The van der Waals surface area contributed by atoms with Crippen LogP contribution in [0.25, 0.3) is 11.3 Å². The molecule has 0 spiro atoms. The Morgan fingerprint density at radius 2 is 2.00 bits per heavy atom. The fourth-order valence-electron chi connectivity index (χ4n) is 1.69. The van der Waals surface area contributed by atoms with Gasteiger partial charge in [0, 0.05) is 17.4 Å². The van der Waals surface area contributed by atoms with Gasteiger partial charge in [0.2, 0.25) is 0 Å². The molecule has 90 valence electrons. The molecular weight excluding hydrogens is 228 g/mol. The topological polar surface area (TPSA) is 66.7 Å². The van der Waals surface area contributed by atoms with Gasteiger partial charge in [-0.1, -0.05) is 0 Å². The number of imidazole rings is 1. The highest BCUT2D eigenvalue weighted by Crippen LogP contribution is 2.20. The van der Waals surface area contributed by atoms with Crippen molar-refractivity contribution >= 4 is 5.69 Å². The molecule has 0 fully saturated rings. The molecule has 5 nitrogen and oxygen atoms in total. The van der Waals surface area contributed by atoms with E-state index in [-0.39, 0.29) is 0 Å². The van der Waals surface area contributed by atoms with Crippen molar-refractivity contribution in [3.8, 4) is 11.3 Å². The van der Waals surface area contributed by atoms with Gasteiger partial charge in [-0.15, -0.1) is 0 Å². The number of aromatic amines is 1. The van der Waals surface area contributed by atoms with Gasteiger partial charge in [-0.25, -0.2) is 9.97 Å². The van der Waals surface area contributed by atoms with Gasteiger partial charge in [-0.2, -0.15) is 0 Å². The van der Waals surface area contributed by atoms with Crippen molar-refractivity contribution in [2.24, 2.45) is 0 Å². The molecule has 0 aliphatic carbocycles. The maximum Gasteiger partial charge on any atom is 0.181 e. The van der Waals surface area contributed by atoms with Crippen LogP contribution in [0.5, 0.6) is 0 Å². The van der Waals surface area contributed by atoms with E-state index >= 15 is 0 Å². The molecule has 3 rings (SSSR count). The summed E-state index contributed by atoms with van der Waals surface area (Å²) in [5.41, 5.74) is 3.11. The summed E-state index contributed by atoms with van der Waals surface area (Å²) in [7, 11) is 0. The molecule has 18 heavy (non-hydrogen) atoms. The van der Waals surface area contributed by atoms with Crippen LogP contribution in [-0.2, 0) is 6.54 Å².